The van der Waals surface area contributed by atoms with Gasteiger partial charge in [-0.05, 0) is 59.7 Å². The van der Waals surface area contributed by atoms with E-state index in [1.165, 1.54) is 10.5 Å². The number of methoxy groups -OCH3 is 1. The van der Waals surface area contributed by atoms with Gasteiger partial charge in [-0.1, -0.05) is 65.7 Å². The Morgan fingerprint density at radius 3 is 2.48 bits per heavy atom. The number of carbonyl (C=O) groups is 2. The second-order valence-electron chi connectivity index (χ2n) is 7.54. The van der Waals surface area contributed by atoms with Gasteiger partial charge in [-0.25, -0.2) is 0 Å². The topological polar surface area (TPSA) is 55.8 Å². The summed E-state index contributed by atoms with van der Waals surface area (Å²) >= 11 is 7.10. The van der Waals surface area contributed by atoms with Gasteiger partial charge in [-0.2, -0.15) is 0 Å². The van der Waals surface area contributed by atoms with E-state index in [9.17, 15) is 9.59 Å². The number of halogens is 1. The van der Waals surface area contributed by atoms with Gasteiger partial charge in [0.1, 0.15) is 6.61 Å². The number of ether oxygens (including phenoxy) is 2. The lowest BCUT2D eigenvalue weighted by Gasteiger charge is -2.13. The molecule has 1 aliphatic heterocycles. The average Bonchev–Trinajstić information content (AvgIpc) is 3.07. The summed E-state index contributed by atoms with van der Waals surface area (Å²) in [5.41, 5.74) is 3.70. The minimum Gasteiger partial charge on any atom is -0.493 e. The molecule has 168 valence electrons. The Morgan fingerprint density at radius 2 is 1.76 bits per heavy atom. The molecule has 7 heteroatoms. The van der Waals surface area contributed by atoms with Crippen molar-refractivity contribution >= 4 is 40.6 Å². The van der Waals surface area contributed by atoms with Crippen LogP contribution < -0.4 is 9.47 Å². The van der Waals surface area contributed by atoms with Gasteiger partial charge < -0.3 is 9.47 Å². The van der Waals surface area contributed by atoms with Crippen LogP contribution >= 0.6 is 23.4 Å². The van der Waals surface area contributed by atoms with Gasteiger partial charge in [-0.3, -0.25) is 14.5 Å². The highest BCUT2D eigenvalue weighted by molar-refractivity contribution is 8.18. The summed E-state index contributed by atoms with van der Waals surface area (Å²) in [7, 11) is 1.56. The fourth-order valence-electron chi connectivity index (χ4n) is 3.32. The van der Waals surface area contributed by atoms with E-state index < -0.39 is 0 Å². The van der Waals surface area contributed by atoms with Gasteiger partial charge in [0.15, 0.2) is 11.5 Å². The molecule has 1 saturated heterocycles. The third-order valence-electron chi connectivity index (χ3n) is 5.16. The first-order valence-corrected chi connectivity index (χ1v) is 11.5. The number of hydrogen-bond donors (Lipinski definition) is 0. The molecule has 33 heavy (non-hydrogen) atoms. The third kappa shape index (κ3) is 5.41. The normalized spacial score (nSPS) is 14.8. The van der Waals surface area contributed by atoms with E-state index >= 15 is 0 Å². The number of nitrogens with zero attached hydrogens (tertiary/aromatic N) is 1. The van der Waals surface area contributed by atoms with Crippen LogP contribution in [0.25, 0.3) is 6.08 Å². The van der Waals surface area contributed by atoms with Crippen molar-refractivity contribution in [1.29, 1.82) is 0 Å². The number of amides is 2. The molecule has 3 aromatic carbocycles. The number of carbonyl (C=O) groups excluding carboxylic acids is 2. The molecule has 3 aromatic rings. The second kappa shape index (κ2) is 10.1. The highest BCUT2D eigenvalue weighted by atomic mass is 35.5. The van der Waals surface area contributed by atoms with Crippen LogP contribution in [0.1, 0.15) is 22.3 Å². The summed E-state index contributed by atoms with van der Waals surface area (Å²) < 4.78 is 11.4. The molecule has 0 atom stereocenters. The SMILES string of the molecule is COc1cc(/C=C2\SC(=O)N(Cc3ccccc3Cl)C2=O)ccc1OCc1ccc(C)cc1. The molecule has 0 aromatic heterocycles. The molecule has 1 aliphatic rings. The van der Waals surface area contributed by atoms with Crippen molar-refractivity contribution in [2.24, 2.45) is 0 Å². The summed E-state index contributed by atoms with van der Waals surface area (Å²) in [6, 6.07) is 20.7. The second-order valence-corrected chi connectivity index (χ2v) is 8.94. The quantitative estimate of drug-likeness (QED) is 0.363. The zero-order valence-electron chi connectivity index (χ0n) is 18.2. The van der Waals surface area contributed by atoms with Gasteiger partial charge >= 0.3 is 0 Å². The van der Waals surface area contributed by atoms with Gasteiger partial charge in [0, 0.05) is 5.02 Å². The number of aryl methyl sites for hydroxylation is 1. The zero-order chi connectivity index (χ0) is 23.4. The van der Waals surface area contributed by atoms with Crippen molar-refractivity contribution in [3.05, 3.63) is 98.9 Å². The molecular formula is C26H22ClNO4S. The van der Waals surface area contributed by atoms with E-state index in [1.54, 1.807) is 43.5 Å². The van der Waals surface area contributed by atoms with Gasteiger partial charge in [0.05, 0.1) is 18.6 Å². The van der Waals surface area contributed by atoms with Crippen LogP contribution in [0.4, 0.5) is 4.79 Å². The van der Waals surface area contributed by atoms with Crippen LogP contribution in [-0.4, -0.2) is 23.2 Å². The largest absolute Gasteiger partial charge is 0.493 e. The number of rotatable bonds is 7. The lowest BCUT2D eigenvalue weighted by atomic mass is 10.1. The molecule has 0 unspecified atom stereocenters. The van der Waals surface area contributed by atoms with Crippen molar-refractivity contribution in [3.63, 3.8) is 0 Å². The van der Waals surface area contributed by atoms with Crippen molar-refractivity contribution in [2.75, 3.05) is 7.11 Å². The molecule has 1 fully saturated rings. The number of hydrogen-bond acceptors (Lipinski definition) is 5. The minimum absolute atomic E-state index is 0.136. The maximum Gasteiger partial charge on any atom is 0.293 e. The van der Waals surface area contributed by atoms with Crippen LogP contribution in [0, 0.1) is 6.92 Å². The highest BCUT2D eigenvalue weighted by Gasteiger charge is 2.35. The van der Waals surface area contributed by atoms with Crippen LogP contribution in [0.3, 0.4) is 0 Å². The Bertz CT molecular complexity index is 1220. The monoisotopic (exact) mass is 479 g/mol. The molecule has 0 spiro atoms. The maximum atomic E-state index is 12.9. The Morgan fingerprint density at radius 1 is 1.00 bits per heavy atom. The predicted octanol–water partition coefficient (Wildman–Crippen LogP) is 6.47. The van der Waals surface area contributed by atoms with Crippen LogP contribution in [0.15, 0.2) is 71.6 Å². The predicted molar refractivity (Wildman–Crippen MR) is 131 cm³/mol. The van der Waals surface area contributed by atoms with Crippen LogP contribution in [-0.2, 0) is 17.9 Å². The van der Waals surface area contributed by atoms with Crippen molar-refractivity contribution in [2.45, 2.75) is 20.1 Å². The van der Waals surface area contributed by atoms with E-state index in [4.69, 9.17) is 21.1 Å². The maximum absolute atomic E-state index is 12.9. The van der Waals surface area contributed by atoms with Crippen LogP contribution in [0.5, 0.6) is 11.5 Å². The summed E-state index contributed by atoms with van der Waals surface area (Å²) in [5.74, 6) is 0.803. The molecule has 4 rings (SSSR count). The number of imide groups is 1. The van der Waals surface area contributed by atoms with Gasteiger partial charge in [0.25, 0.3) is 11.1 Å². The summed E-state index contributed by atoms with van der Waals surface area (Å²) in [6.07, 6.45) is 1.68. The number of thioether (sulfide) groups is 1. The molecule has 0 N–H and O–H groups in total. The van der Waals surface area contributed by atoms with Crippen molar-refractivity contribution < 1.29 is 19.1 Å². The molecule has 1 heterocycles. The number of benzene rings is 3. The Kier molecular flexibility index (Phi) is 7.06. The molecular weight excluding hydrogens is 458 g/mol. The van der Waals surface area contributed by atoms with Gasteiger partial charge in [0.2, 0.25) is 0 Å². The zero-order valence-corrected chi connectivity index (χ0v) is 19.8. The molecule has 0 aliphatic carbocycles. The van der Waals surface area contributed by atoms with Crippen LogP contribution in [0.2, 0.25) is 5.02 Å². The first-order chi connectivity index (χ1) is 15.9. The highest BCUT2D eigenvalue weighted by Crippen LogP contribution is 2.36. The molecule has 0 saturated carbocycles. The fourth-order valence-corrected chi connectivity index (χ4v) is 4.36. The molecule has 5 nitrogen and oxygen atoms in total. The Labute approximate surface area is 202 Å². The lowest BCUT2D eigenvalue weighted by molar-refractivity contribution is -0.123. The molecule has 2 amide bonds. The fraction of sp³-hybridized carbons (Fsp3) is 0.154. The summed E-state index contributed by atoms with van der Waals surface area (Å²) in [4.78, 5) is 26.9. The van der Waals surface area contributed by atoms with Gasteiger partial charge in [-0.15, -0.1) is 0 Å². The first kappa shape index (κ1) is 23.0. The summed E-state index contributed by atoms with van der Waals surface area (Å²) in [5, 5.41) is 0.197. The van der Waals surface area contributed by atoms with Crippen molar-refractivity contribution in [1.82, 2.24) is 4.90 Å². The minimum atomic E-state index is -0.344. The smallest absolute Gasteiger partial charge is 0.293 e. The molecule has 0 bridgehead atoms. The van der Waals surface area contributed by atoms with E-state index in [2.05, 4.69) is 0 Å². The third-order valence-corrected chi connectivity index (χ3v) is 6.44. The lowest BCUT2D eigenvalue weighted by Crippen LogP contribution is -2.27. The van der Waals surface area contributed by atoms with E-state index in [1.807, 2.05) is 43.3 Å². The Hall–Kier alpha value is -3.22. The van der Waals surface area contributed by atoms with E-state index in [0.717, 1.165) is 28.5 Å². The average molecular weight is 480 g/mol. The van der Waals surface area contributed by atoms with E-state index in [-0.39, 0.29) is 17.7 Å². The first-order valence-electron chi connectivity index (χ1n) is 10.3. The standard InChI is InChI=1S/C26H22ClNO4S/c1-17-7-9-18(10-8-17)16-32-22-12-11-19(13-23(22)31-2)14-24-25(29)28(26(30)33-24)15-20-5-3-4-6-21(20)27/h3-14H,15-16H2,1-2H3/b24-14-. The molecule has 0 radical (unpaired) electrons. The summed E-state index contributed by atoms with van der Waals surface area (Å²) in [6.45, 7) is 2.59. The van der Waals surface area contributed by atoms with E-state index in [0.29, 0.717) is 28.0 Å². The Balaban J connectivity index is 1.49. The van der Waals surface area contributed by atoms with Crippen molar-refractivity contribution in [3.8, 4) is 11.5 Å².